The van der Waals surface area contributed by atoms with Gasteiger partial charge in [0.05, 0.1) is 28.8 Å². The van der Waals surface area contributed by atoms with E-state index < -0.39 is 12.0 Å². The van der Waals surface area contributed by atoms with E-state index >= 15 is 0 Å². The first kappa shape index (κ1) is 16.6. The molecule has 7 heteroatoms. The number of benzene rings is 1. The second kappa shape index (κ2) is 6.18. The average Bonchev–Trinajstić information content (AvgIpc) is 2.50. The number of likely N-dealkylation sites (N-methyl/N-ethyl adjacent to an activating group) is 1. The maximum atomic E-state index is 12.3. The Morgan fingerprint density at radius 3 is 2.41 bits per heavy atom. The Labute approximate surface area is 139 Å². The molecule has 0 spiro atoms. The molecule has 2 amide bonds. The molecule has 0 aliphatic carbocycles. The van der Waals surface area contributed by atoms with E-state index in [-0.39, 0.29) is 6.03 Å². The van der Waals surface area contributed by atoms with Crippen molar-refractivity contribution in [3.05, 3.63) is 45.1 Å². The van der Waals surface area contributed by atoms with Crippen molar-refractivity contribution in [3.63, 3.8) is 0 Å². The first-order valence-corrected chi connectivity index (χ1v) is 7.29. The Bertz CT molecular complexity index is 673. The monoisotopic (exact) mass is 342 g/mol. The molecule has 0 saturated heterocycles. The first-order valence-electron chi connectivity index (χ1n) is 6.54. The minimum absolute atomic E-state index is 0.221. The van der Waals surface area contributed by atoms with E-state index in [1.54, 1.807) is 39.2 Å². The van der Waals surface area contributed by atoms with Crippen molar-refractivity contribution in [2.75, 3.05) is 21.2 Å². The summed E-state index contributed by atoms with van der Waals surface area (Å²) in [4.78, 5) is 27.4. The molecule has 1 aromatic rings. The van der Waals surface area contributed by atoms with E-state index in [1.165, 1.54) is 16.9 Å². The van der Waals surface area contributed by atoms with Crippen molar-refractivity contribution in [2.45, 2.75) is 13.0 Å². The van der Waals surface area contributed by atoms with Crippen LogP contribution in [-0.4, -0.2) is 43.0 Å². The fourth-order valence-electron chi connectivity index (χ4n) is 2.50. The number of ether oxygens (including phenoxy) is 1. The second-order valence-corrected chi connectivity index (χ2v) is 5.83. The Kier molecular flexibility index (Phi) is 4.68. The summed E-state index contributed by atoms with van der Waals surface area (Å²) in [5.41, 5.74) is 1.63. The molecule has 0 radical (unpaired) electrons. The van der Waals surface area contributed by atoms with Crippen molar-refractivity contribution in [3.8, 4) is 0 Å². The lowest BCUT2D eigenvalue weighted by molar-refractivity contribution is -0.137. The highest BCUT2D eigenvalue weighted by molar-refractivity contribution is 6.42. The van der Waals surface area contributed by atoms with Gasteiger partial charge in [0.1, 0.15) is 0 Å². The first-order chi connectivity index (χ1) is 10.3. The van der Waals surface area contributed by atoms with E-state index in [4.69, 9.17) is 27.9 Å². The lowest BCUT2D eigenvalue weighted by Crippen LogP contribution is -2.47. The Morgan fingerprint density at radius 2 is 1.86 bits per heavy atom. The molecule has 0 fully saturated rings. The van der Waals surface area contributed by atoms with Crippen LogP contribution >= 0.6 is 23.2 Å². The Balaban J connectivity index is 2.65. The normalized spacial score (nSPS) is 18.8. The minimum atomic E-state index is -0.578. The summed E-state index contributed by atoms with van der Waals surface area (Å²) in [5.74, 6) is -0.486. The lowest BCUT2D eigenvalue weighted by Gasteiger charge is -2.39. The van der Waals surface area contributed by atoms with Gasteiger partial charge in [0.15, 0.2) is 0 Å². The van der Waals surface area contributed by atoms with E-state index in [2.05, 4.69) is 0 Å². The van der Waals surface area contributed by atoms with Crippen LogP contribution in [0.15, 0.2) is 29.5 Å². The molecular formula is C15H16Cl2N2O3. The fourth-order valence-corrected chi connectivity index (χ4v) is 2.81. The molecule has 0 bridgehead atoms. The SMILES string of the molecule is COC(=O)C1=C(C)N(C)C(=O)N(C)[C@@H]1c1ccc(Cl)c(Cl)c1. The summed E-state index contributed by atoms with van der Waals surface area (Å²) >= 11 is 12.0. The van der Waals surface area contributed by atoms with Crippen molar-refractivity contribution in [2.24, 2.45) is 0 Å². The number of nitrogens with zero attached hydrogens (tertiary/aromatic N) is 2. The van der Waals surface area contributed by atoms with Gasteiger partial charge >= 0.3 is 12.0 Å². The van der Waals surface area contributed by atoms with E-state index in [1.807, 2.05) is 0 Å². The Hall–Kier alpha value is -1.72. The quantitative estimate of drug-likeness (QED) is 0.773. The molecule has 1 atom stereocenters. The number of rotatable bonds is 2. The number of allylic oxidation sites excluding steroid dienone is 1. The lowest BCUT2D eigenvalue weighted by atomic mass is 9.94. The summed E-state index contributed by atoms with van der Waals surface area (Å²) in [6.45, 7) is 1.71. The van der Waals surface area contributed by atoms with Crippen LogP contribution in [0.4, 0.5) is 4.79 Å². The third-order valence-electron chi connectivity index (χ3n) is 3.81. The fraction of sp³-hybridized carbons (Fsp3) is 0.333. The highest BCUT2D eigenvalue weighted by Gasteiger charge is 2.39. The second-order valence-electron chi connectivity index (χ2n) is 5.02. The van der Waals surface area contributed by atoms with Gasteiger partial charge in [0, 0.05) is 19.8 Å². The molecular weight excluding hydrogens is 327 g/mol. The van der Waals surface area contributed by atoms with Crippen LogP contribution in [0.25, 0.3) is 0 Å². The van der Waals surface area contributed by atoms with Gasteiger partial charge in [-0.3, -0.25) is 0 Å². The number of amides is 2. The number of carbonyl (C=O) groups is 2. The van der Waals surface area contributed by atoms with Gasteiger partial charge in [0.25, 0.3) is 0 Å². The molecule has 118 valence electrons. The summed E-state index contributed by atoms with van der Waals surface area (Å²) in [6.07, 6.45) is 0. The van der Waals surface area contributed by atoms with Crippen molar-refractivity contribution < 1.29 is 14.3 Å². The third-order valence-corrected chi connectivity index (χ3v) is 4.55. The Morgan fingerprint density at radius 1 is 1.23 bits per heavy atom. The predicted molar refractivity (Wildman–Crippen MR) is 84.8 cm³/mol. The van der Waals surface area contributed by atoms with Crippen molar-refractivity contribution in [1.29, 1.82) is 0 Å². The van der Waals surface area contributed by atoms with Crippen LogP contribution in [0.2, 0.25) is 10.0 Å². The van der Waals surface area contributed by atoms with Crippen LogP contribution in [0.5, 0.6) is 0 Å². The third kappa shape index (κ3) is 2.66. The minimum Gasteiger partial charge on any atom is -0.466 e. The highest BCUT2D eigenvalue weighted by Crippen LogP contribution is 2.38. The van der Waals surface area contributed by atoms with Gasteiger partial charge in [-0.15, -0.1) is 0 Å². The van der Waals surface area contributed by atoms with E-state index in [9.17, 15) is 9.59 Å². The molecule has 0 N–H and O–H groups in total. The summed E-state index contributed by atoms with van der Waals surface area (Å²) in [5, 5.41) is 0.772. The molecule has 2 rings (SSSR count). The molecule has 1 heterocycles. The predicted octanol–water partition coefficient (Wildman–Crippen LogP) is 3.48. The zero-order chi connectivity index (χ0) is 16.6. The molecule has 1 aromatic carbocycles. The highest BCUT2D eigenvalue weighted by atomic mass is 35.5. The maximum Gasteiger partial charge on any atom is 0.337 e. The number of halogens is 2. The molecule has 0 saturated carbocycles. The zero-order valence-corrected chi connectivity index (χ0v) is 14.2. The van der Waals surface area contributed by atoms with Gasteiger partial charge < -0.3 is 14.5 Å². The van der Waals surface area contributed by atoms with Gasteiger partial charge in [-0.2, -0.15) is 0 Å². The smallest absolute Gasteiger partial charge is 0.337 e. The topological polar surface area (TPSA) is 49.9 Å². The number of methoxy groups -OCH3 is 1. The van der Waals surface area contributed by atoms with Gasteiger partial charge in [-0.05, 0) is 24.6 Å². The molecule has 1 aliphatic heterocycles. The number of hydrogen-bond acceptors (Lipinski definition) is 3. The van der Waals surface area contributed by atoms with Crippen LogP contribution in [0, 0.1) is 0 Å². The maximum absolute atomic E-state index is 12.3. The van der Waals surface area contributed by atoms with Crippen LogP contribution in [0.3, 0.4) is 0 Å². The van der Waals surface area contributed by atoms with Gasteiger partial charge in [-0.25, -0.2) is 9.59 Å². The largest absolute Gasteiger partial charge is 0.466 e. The van der Waals surface area contributed by atoms with E-state index in [0.29, 0.717) is 26.9 Å². The molecule has 0 aromatic heterocycles. The average molecular weight is 343 g/mol. The number of urea groups is 1. The van der Waals surface area contributed by atoms with Gasteiger partial charge in [-0.1, -0.05) is 29.3 Å². The molecule has 22 heavy (non-hydrogen) atoms. The van der Waals surface area contributed by atoms with Gasteiger partial charge in [0.2, 0.25) is 0 Å². The van der Waals surface area contributed by atoms with Crippen LogP contribution in [0.1, 0.15) is 18.5 Å². The van der Waals surface area contributed by atoms with Crippen molar-refractivity contribution in [1.82, 2.24) is 9.80 Å². The summed E-state index contributed by atoms with van der Waals surface area (Å²) < 4.78 is 4.88. The summed E-state index contributed by atoms with van der Waals surface area (Å²) in [6, 6.07) is 4.23. The molecule has 0 unspecified atom stereocenters. The van der Waals surface area contributed by atoms with Crippen LogP contribution < -0.4 is 0 Å². The number of carbonyl (C=O) groups excluding carboxylic acids is 2. The van der Waals surface area contributed by atoms with Crippen LogP contribution in [-0.2, 0) is 9.53 Å². The summed E-state index contributed by atoms with van der Waals surface area (Å²) in [7, 11) is 4.55. The van der Waals surface area contributed by atoms with Crippen molar-refractivity contribution >= 4 is 35.2 Å². The standard InChI is InChI=1S/C15H16Cl2N2O3/c1-8-12(14(20)22-4)13(19(3)15(21)18(8)2)9-5-6-10(16)11(17)7-9/h5-7,13H,1-4H3/t13-/m1/s1. The molecule has 5 nitrogen and oxygen atoms in total. The number of hydrogen-bond donors (Lipinski definition) is 0. The molecule has 1 aliphatic rings. The zero-order valence-electron chi connectivity index (χ0n) is 12.7. The van der Waals surface area contributed by atoms with E-state index in [0.717, 1.165) is 0 Å². The number of esters is 1.